The number of hydrogen-bond acceptors (Lipinski definition) is 2. The van der Waals surface area contributed by atoms with Gasteiger partial charge in [0.15, 0.2) is 0 Å². The maximum atomic E-state index is 12.7. The second-order valence-corrected chi connectivity index (χ2v) is 5.71. The molecule has 1 saturated heterocycles. The summed E-state index contributed by atoms with van der Waals surface area (Å²) >= 11 is 0. The molecule has 2 unspecified atom stereocenters. The van der Waals surface area contributed by atoms with Crippen LogP contribution in [-0.4, -0.2) is 36.1 Å². The number of hydrogen-bond donors (Lipinski definition) is 0. The number of fused-ring (bicyclic) bond motifs is 1. The number of morpholine rings is 1. The normalized spacial score (nSPS) is 26.3. The van der Waals surface area contributed by atoms with Crippen molar-refractivity contribution in [3.05, 3.63) is 34.9 Å². The molecule has 2 aliphatic rings. The molecule has 1 aliphatic heterocycles. The Labute approximate surface area is 114 Å². The first-order chi connectivity index (χ1) is 9.16. The average Bonchev–Trinajstić information content (AvgIpc) is 2.89. The van der Waals surface area contributed by atoms with Crippen LogP contribution in [0.25, 0.3) is 0 Å². The summed E-state index contributed by atoms with van der Waals surface area (Å²) < 4.78 is 5.77. The van der Waals surface area contributed by atoms with Crippen molar-refractivity contribution in [1.82, 2.24) is 4.90 Å². The highest BCUT2D eigenvalue weighted by Crippen LogP contribution is 2.30. The molecule has 19 heavy (non-hydrogen) atoms. The summed E-state index contributed by atoms with van der Waals surface area (Å²) in [5.74, 6) is 0.170. The molecule has 3 heteroatoms. The largest absolute Gasteiger partial charge is 0.374 e. The SMILES string of the molecule is Cc1ccc(C(=O)N2CCOC3CCCC32)cc1C. The molecule has 1 saturated carbocycles. The second kappa shape index (κ2) is 4.97. The smallest absolute Gasteiger partial charge is 0.254 e. The Morgan fingerprint density at radius 2 is 2.11 bits per heavy atom. The molecule has 0 N–H and O–H groups in total. The number of aryl methyl sites for hydroxylation is 2. The van der Waals surface area contributed by atoms with E-state index in [2.05, 4.69) is 13.8 Å². The summed E-state index contributed by atoms with van der Waals surface area (Å²) in [5.41, 5.74) is 3.23. The standard InChI is InChI=1S/C16H21NO2/c1-11-6-7-13(10-12(11)2)16(18)17-8-9-19-15-5-3-4-14(15)17/h6-7,10,14-15H,3-5,8-9H2,1-2H3. The molecule has 2 atom stereocenters. The Hall–Kier alpha value is -1.35. The van der Waals surface area contributed by atoms with Crippen molar-refractivity contribution < 1.29 is 9.53 Å². The highest BCUT2D eigenvalue weighted by molar-refractivity contribution is 5.94. The molecule has 3 nitrogen and oxygen atoms in total. The van der Waals surface area contributed by atoms with E-state index in [1.165, 1.54) is 17.5 Å². The zero-order chi connectivity index (χ0) is 13.4. The number of amides is 1. The molecule has 1 aromatic carbocycles. The third kappa shape index (κ3) is 2.27. The summed E-state index contributed by atoms with van der Waals surface area (Å²) in [4.78, 5) is 14.7. The Balaban J connectivity index is 1.84. The van der Waals surface area contributed by atoms with Crippen LogP contribution >= 0.6 is 0 Å². The van der Waals surface area contributed by atoms with Gasteiger partial charge in [0.05, 0.1) is 18.8 Å². The lowest BCUT2D eigenvalue weighted by atomic mass is 10.0. The highest BCUT2D eigenvalue weighted by Gasteiger charge is 2.38. The summed E-state index contributed by atoms with van der Waals surface area (Å²) in [5, 5.41) is 0. The molecule has 1 aliphatic carbocycles. The Morgan fingerprint density at radius 1 is 1.26 bits per heavy atom. The van der Waals surface area contributed by atoms with Crippen LogP contribution in [0.3, 0.4) is 0 Å². The molecule has 2 fully saturated rings. The summed E-state index contributed by atoms with van der Waals surface area (Å²) in [6.45, 7) is 5.54. The molecular weight excluding hydrogens is 238 g/mol. The number of benzene rings is 1. The number of nitrogens with zero attached hydrogens (tertiary/aromatic N) is 1. The van der Waals surface area contributed by atoms with Crippen molar-refractivity contribution in [2.75, 3.05) is 13.2 Å². The van der Waals surface area contributed by atoms with Crippen molar-refractivity contribution >= 4 is 5.91 Å². The van der Waals surface area contributed by atoms with Gasteiger partial charge in [-0.2, -0.15) is 0 Å². The maximum absolute atomic E-state index is 12.7. The number of carbonyl (C=O) groups is 1. The van der Waals surface area contributed by atoms with Crippen LogP contribution in [0.5, 0.6) is 0 Å². The topological polar surface area (TPSA) is 29.5 Å². The van der Waals surface area contributed by atoms with E-state index in [0.29, 0.717) is 12.6 Å². The van der Waals surface area contributed by atoms with Crippen LogP contribution < -0.4 is 0 Å². The molecule has 0 bridgehead atoms. The van der Waals surface area contributed by atoms with Crippen LogP contribution in [0.2, 0.25) is 0 Å². The van der Waals surface area contributed by atoms with Gasteiger partial charge < -0.3 is 9.64 Å². The lowest BCUT2D eigenvalue weighted by Crippen LogP contribution is -2.51. The quantitative estimate of drug-likeness (QED) is 0.776. The van der Waals surface area contributed by atoms with Crippen LogP contribution in [-0.2, 0) is 4.74 Å². The highest BCUT2D eigenvalue weighted by atomic mass is 16.5. The van der Waals surface area contributed by atoms with Gasteiger partial charge in [-0.25, -0.2) is 0 Å². The maximum Gasteiger partial charge on any atom is 0.254 e. The van der Waals surface area contributed by atoms with Crippen molar-refractivity contribution in [2.24, 2.45) is 0 Å². The lowest BCUT2D eigenvalue weighted by Gasteiger charge is -2.37. The van der Waals surface area contributed by atoms with E-state index in [0.717, 1.165) is 24.9 Å². The van der Waals surface area contributed by atoms with E-state index in [4.69, 9.17) is 4.74 Å². The molecule has 1 aromatic rings. The minimum Gasteiger partial charge on any atom is -0.374 e. The van der Waals surface area contributed by atoms with Gasteiger partial charge in [-0.3, -0.25) is 4.79 Å². The predicted molar refractivity (Wildman–Crippen MR) is 74.3 cm³/mol. The van der Waals surface area contributed by atoms with E-state index in [1.807, 2.05) is 23.1 Å². The van der Waals surface area contributed by atoms with Crippen molar-refractivity contribution in [2.45, 2.75) is 45.3 Å². The van der Waals surface area contributed by atoms with Crippen molar-refractivity contribution in [1.29, 1.82) is 0 Å². The fourth-order valence-electron chi connectivity index (χ4n) is 3.22. The zero-order valence-corrected chi connectivity index (χ0v) is 11.7. The Morgan fingerprint density at radius 3 is 2.89 bits per heavy atom. The molecule has 3 rings (SSSR count). The molecular formula is C16H21NO2. The van der Waals surface area contributed by atoms with Gasteiger partial charge >= 0.3 is 0 Å². The predicted octanol–water partition coefficient (Wildman–Crippen LogP) is 2.70. The van der Waals surface area contributed by atoms with Gasteiger partial charge in [0.2, 0.25) is 0 Å². The van der Waals surface area contributed by atoms with E-state index in [-0.39, 0.29) is 12.0 Å². The van der Waals surface area contributed by atoms with Gasteiger partial charge in [0, 0.05) is 12.1 Å². The molecule has 1 heterocycles. The zero-order valence-electron chi connectivity index (χ0n) is 11.7. The van der Waals surface area contributed by atoms with Gasteiger partial charge in [0.1, 0.15) is 0 Å². The van der Waals surface area contributed by atoms with Gasteiger partial charge in [-0.1, -0.05) is 6.07 Å². The van der Waals surface area contributed by atoms with Gasteiger partial charge in [-0.15, -0.1) is 0 Å². The fourth-order valence-corrected chi connectivity index (χ4v) is 3.22. The molecule has 1 amide bonds. The van der Waals surface area contributed by atoms with Gasteiger partial charge in [-0.05, 0) is 56.4 Å². The summed E-state index contributed by atoms with van der Waals surface area (Å²) in [7, 11) is 0. The van der Waals surface area contributed by atoms with E-state index < -0.39 is 0 Å². The molecule has 102 valence electrons. The van der Waals surface area contributed by atoms with Crippen molar-refractivity contribution in [3.63, 3.8) is 0 Å². The average molecular weight is 259 g/mol. The Kier molecular flexibility index (Phi) is 3.31. The second-order valence-electron chi connectivity index (χ2n) is 5.71. The summed E-state index contributed by atoms with van der Waals surface area (Å²) in [6, 6.07) is 6.29. The number of carbonyl (C=O) groups excluding carboxylic acids is 1. The first-order valence-electron chi connectivity index (χ1n) is 7.16. The molecule has 0 aromatic heterocycles. The van der Waals surface area contributed by atoms with E-state index in [1.54, 1.807) is 0 Å². The lowest BCUT2D eigenvalue weighted by molar-refractivity contribution is -0.0445. The number of rotatable bonds is 1. The third-order valence-electron chi connectivity index (χ3n) is 4.50. The van der Waals surface area contributed by atoms with Crippen LogP contribution in [0.15, 0.2) is 18.2 Å². The first kappa shape index (κ1) is 12.7. The third-order valence-corrected chi connectivity index (χ3v) is 4.50. The minimum absolute atomic E-state index is 0.170. The Bertz CT molecular complexity index is 498. The van der Waals surface area contributed by atoms with Crippen LogP contribution in [0.4, 0.5) is 0 Å². The monoisotopic (exact) mass is 259 g/mol. The van der Waals surface area contributed by atoms with E-state index in [9.17, 15) is 4.79 Å². The van der Waals surface area contributed by atoms with Crippen LogP contribution in [0, 0.1) is 13.8 Å². The van der Waals surface area contributed by atoms with Crippen molar-refractivity contribution in [3.8, 4) is 0 Å². The molecule has 0 spiro atoms. The fraction of sp³-hybridized carbons (Fsp3) is 0.562. The van der Waals surface area contributed by atoms with E-state index >= 15 is 0 Å². The first-order valence-corrected chi connectivity index (χ1v) is 7.16. The van der Waals surface area contributed by atoms with Gasteiger partial charge in [0.25, 0.3) is 5.91 Å². The minimum atomic E-state index is 0.170. The number of ether oxygens (including phenoxy) is 1. The molecule has 0 radical (unpaired) electrons. The van der Waals surface area contributed by atoms with Crippen LogP contribution in [0.1, 0.15) is 40.7 Å². The summed E-state index contributed by atoms with van der Waals surface area (Å²) in [6.07, 6.45) is 3.62.